The monoisotopic (exact) mass is 345 g/mol. The molecule has 3 rings (SSSR count). The van der Waals surface area contributed by atoms with Crippen LogP contribution in [0.15, 0.2) is 18.2 Å². The van der Waals surface area contributed by atoms with E-state index in [1.807, 2.05) is 13.8 Å². The molecule has 25 heavy (non-hydrogen) atoms. The molecule has 1 aromatic rings. The fourth-order valence-electron chi connectivity index (χ4n) is 4.42. The summed E-state index contributed by atoms with van der Waals surface area (Å²) >= 11 is 0. The summed E-state index contributed by atoms with van der Waals surface area (Å²) in [5.74, 6) is 1.32. The Bertz CT molecular complexity index is 564. The number of hydrogen-bond acceptors (Lipinski definition) is 3. The second kappa shape index (κ2) is 8.20. The van der Waals surface area contributed by atoms with E-state index in [1.54, 1.807) is 5.56 Å². The summed E-state index contributed by atoms with van der Waals surface area (Å²) in [6.07, 6.45) is 8.86. The number of fused-ring (bicyclic) bond motifs is 1. The summed E-state index contributed by atoms with van der Waals surface area (Å²) in [5.41, 5.74) is 10.1. The Morgan fingerprint density at radius 3 is 2.76 bits per heavy atom. The highest BCUT2D eigenvalue weighted by atomic mass is 16.5. The molecule has 2 aliphatic carbocycles. The van der Waals surface area contributed by atoms with E-state index in [2.05, 4.69) is 18.2 Å². The van der Waals surface area contributed by atoms with Gasteiger partial charge in [0.15, 0.2) is 0 Å². The van der Waals surface area contributed by atoms with Crippen LogP contribution in [-0.2, 0) is 17.6 Å². The molecule has 1 fully saturated rings. The minimum atomic E-state index is -0.575. The van der Waals surface area contributed by atoms with Crippen molar-refractivity contribution in [3.05, 3.63) is 34.9 Å². The van der Waals surface area contributed by atoms with Crippen molar-refractivity contribution < 1.29 is 9.84 Å². The van der Waals surface area contributed by atoms with Crippen LogP contribution < -0.4 is 5.73 Å². The molecule has 3 unspecified atom stereocenters. The first-order valence-corrected chi connectivity index (χ1v) is 10.1. The first-order valence-electron chi connectivity index (χ1n) is 10.1. The Kier molecular flexibility index (Phi) is 6.19. The van der Waals surface area contributed by atoms with Gasteiger partial charge in [0.1, 0.15) is 0 Å². The van der Waals surface area contributed by atoms with E-state index in [9.17, 15) is 5.11 Å². The molecule has 0 aliphatic heterocycles. The van der Waals surface area contributed by atoms with E-state index >= 15 is 0 Å². The van der Waals surface area contributed by atoms with Gasteiger partial charge in [-0.2, -0.15) is 0 Å². The number of aliphatic hydroxyl groups is 1. The van der Waals surface area contributed by atoms with Crippen molar-refractivity contribution in [1.82, 2.24) is 0 Å². The summed E-state index contributed by atoms with van der Waals surface area (Å²) in [5, 5.41) is 9.73. The summed E-state index contributed by atoms with van der Waals surface area (Å²) in [7, 11) is 0. The number of hydrogen-bond donors (Lipinski definition) is 2. The molecule has 0 heterocycles. The van der Waals surface area contributed by atoms with Crippen LogP contribution in [0.1, 0.15) is 75.0 Å². The maximum Gasteiger partial charge on any atom is 0.0592 e. The second-order valence-electron chi connectivity index (χ2n) is 8.90. The van der Waals surface area contributed by atoms with Crippen LogP contribution in [0, 0.1) is 5.92 Å². The standard InChI is InChI=1S/C22H35NO2/c1-22(2,24)10-3-11-25-15-16-4-5-18-13-19(7-6-17(18)12-16)20-8-9-21(23)14-20/h6-7,13,16,20-21,24H,3-5,8-12,14-15,23H2,1-2H3. The molecule has 0 bridgehead atoms. The van der Waals surface area contributed by atoms with Gasteiger partial charge in [-0.05, 0) is 93.7 Å². The fraction of sp³-hybridized carbons (Fsp3) is 0.727. The van der Waals surface area contributed by atoms with Crippen molar-refractivity contribution in [3.8, 4) is 0 Å². The van der Waals surface area contributed by atoms with Gasteiger partial charge < -0.3 is 15.6 Å². The van der Waals surface area contributed by atoms with Crippen molar-refractivity contribution >= 4 is 0 Å². The van der Waals surface area contributed by atoms with Gasteiger partial charge in [-0.15, -0.1) is 0 Å². The van der Waals surface area contributed by atoms with E-state index in [-0.39, 0.29) is 0 Å². The highest BCUT2D eigenvalue weighted by molar-refractivity contribution is 5.36. The van der Waals surface area contributed by atoms with Crippen molar-refractivity contribution in [2.75, 3.05) is 13.2 Å². The highest BCUT2D eigenvalue weighted by Crippen LogP contribution is 2.36. The summed E-state index contributed by atoms with van der Waals surface area (Å²) in [6, 6.07) is 7.56. The molecule has 2 aliphatic rings. The lowest BCUT2D eigenvalue weighted by Gasteiger charge is -2.26. The zero-order valence-corrected chi connectivity index (χ0v) is 16.0. The second-order valence-corrected chi connectivity index (χ2v) is 8.90. The number of rotatable bonds is 7. The maximum atomic E-state index is 9.73. The van der Waals surface area contributed by atoms with Crippen LogP contribution in [0.4, 0.5) is 0 Å². The molecular weight excluding hydrogens is 310 g/mol. The minimum absolute atomic E-state index is 0.402. The predicted molar refractivity (Wildman–Crippen MR) is 103 cm³/mol. The maximum absolute atomic E-state index is 9.73. The molecule has 0 aromatic heterocycles. The van der Waals surface area contributed by atoms with Gasteiger partial charge in [0.25, 0.3) is 0 Å². The van der Waals surface area contributed by atoms with E-state index in [0.717, 1.165) is 38.9 Å². The van der Waals surface area contributed by atoms with Crippen LogP contribution in [0.3, 0.4) is 0 Å². The number of ether oxygens (including phenoxy) is 1. The smallest absolute Gasteiger partial charge is 0.0592 e. The molecule has 0 saturated heterocycles. The predicted octanol–water partition coefficient (Wildman–Crippen LogP) is 3.95. The van der Waals surface area contributed by atoms with E-state index in [1.165, 1.54) is 36.8 Å². The summed E-state index contributed by atoms with van der Waals surface area (Å²) in [6.45, 7) is 5.33. The average Bonchev–Trinajstić information content (AvgIpc) is 2.99. The third kappa shape index (κ3) is 5.54. The van der Waals surface area contributed by atoms with E-state index in [4.69, 9.17) is 10.5 Å². The van der Waals surface area contributed by atoms with Crippen molar-refractivity contribution in [2.45, 2.75) is 82.8 Å². The molecule has 3 atom stereocenters. The van der Waals surface area contributed by atoms with Gasteiger partial charge in [-0.1, -0.05) is 18.2 Å². The number of benzene rings is 1. The number of nitrogens with two attached hydrogens (primary N) is 1. The Balaban J connectivity index is 1.46. The highest BCUT2D eigenvalue weighted by Gasteiger charge is 2.25. The minimum Gasteiger partial charge on any atom is -0.390 e. The molecule has 0 spiro atoms. The molecule has 3 nitrogen and oxygen atoms in total. The Morgan fingerprint density at radius 1 is 1.20 bits per heavy atom. The third-order valence-corrected chi connectivity index (χ3v) is 5.94. The molecule has 0 amide bonds. The van der Waals surface area contributed by atoms with Crippen molar-refractivity contribution in [1.29, 1.82) is 0 Å². The molecule has 3 heteroatoms. The van der Waals surface area contributed by atoms with Gasteiger partial charge in [0, 0.05) is 19.3 Å². The summed E-state index contributed by atoms with van der Waals surface area (Å²) < 4.78 is 5.88. The molecule has 140 valence electrons. The average molecular weight is 346 g/mol. The van der Waals surface area contributed by atoms with Gasteiger partial charge in [-0.25, -0.2) is 0 Å². The first-order chi connectivity index (χ1) is 11.9. The molecular formula is C22H35NO2. The zero-order valence-electron chi connectivity index (χ0n) is 16.0. The van der Waals surface area contributed by atoms with Crippen LogP contribution >= 0.6 is 0 Å². The van der Waals surface area contributed by atoms with Gasteiger partial charge >= 0.3 is 0 Å². The molecule has 1 saturated carbocycles. The first kappa shape index (κ1) is 18.9. The van der Waals surface area contributed by atoms with Crippen LogP contribution in [0.5, 0.6) is 0 Å². The fourth-order valence-corrected chi connectivity index (χ4v) is 4.42. The van der Waals surface area contributed by atoms with Crippen LogP contribution in [0.25, 0.3) is 0 Å². The van der Waals surface area contributed by atoms with E-state index < -0.39 is 5.60 Å². The lowest BCUT2D eigenvalue weighted by atomic mass is 9.82. The lowest BCUT2D eigenvalue weighted by molar-refractivity contribution is 0.0444. The lowest BCUT2D eigenvalue weighted by Crippen LogP contribution is -2.21. The zero-order chi connectivity index (χ0) is 17.9. The Morgan fingerprint density at radius 2 is 2.04 bits per heavy atom. The number of aryl methyl sites for hydroxylation is 1. The SMILES string of the molecule is CC(C)(O)CCCOCC1CCc2cc(C3CCC(N)C3)ccc2C1. The normalized spacial score (nSPS) is 26.6. The largest absolute Gasteiger partial charge is 0.390 e. The van der Waals surface area contributed by atoms with Crippen LogP contribution in [-0.4, -0.2) is 30.0 Å². The van der Waals surface area contributed by atoms with E-state index in [0.29, 0.717) is 17.9 Å². The Labute approximate surface area is 153 Å². The Hall–Kier alpha value is -0.900. The molecule has 1 aromatic carbocycles. The van der Waals surface area contributed by atoms with Crippen molar-refractivity contribution in [2.24, 2.45) is 11.7 Å². The molecule has 3 N–H and O–H groups in total. The van der Waals surface area contributed by atoms with Gasteiger partial charge in [0.2, 0.25) is 0 Å². The van der Waals surface area contributed by atoms with Crippen LogP contribution in [0.2, 0.25) is 0 Å². The van der Waals surface area contributed by atoms with Gasteiger partial charge in [-0.3, -0.25) is 0 Å². The molecule has 0 radical (unpaired) electrons. The topological polar surface area (TPSA) is 55.5 Å². The van der Waals surface area contributed by atoms with Gasteiger partial charge in [0.05, 0.1) is 5.60 Å². The van der Waals surface area contributed by atoms with Crippen molar-refractivity contribution in [3.63, 3.8) is 0 Å². The third-order valence-electron chi connectivity index (χ3n) is 5.94. The summed E-state index contributed by atoms with van der Waals surface area (Å²) in [4.78, 5) is 0. The quantitative estimate of drug-likeness (QED) is 0.736.